The average molecular weight is 316 g/mol. The Labute approximate surface area is 130 Å². The Hall–Kier alpha value is -1.72. The maximum absolute atomic E-state index is 12.1. The van der Waals surface area contributed by atoms with Crippen LogP contribution in [0.4, 0.5) is 5.69 Å². The van der Waals surface area contributed by atoms with Gasteiger partial charge in [-0.1, -0.05) is 30.3 Å². The molecule has 1 unspecified atom stereocenters. The van der Waals surface area contributed by atoms with Crippen molar-refractivity contribution in [3.63, 3.8) is 0 Å². The highest BCUT2D eigenvalue weighted by Gasteiger charge is 2.04. The van der Waals surface area contributed by atoms with Gasteiger partial charge in [0.05, 0.1) is 15.9 Å². The lowest BCUT2D eigenvalue weighted by atomic mass is 10.2. The smallest absolute Gasteiger partial charge is 0.0830 e. The molecule has 1 aromatic carbocycles. The SMILES string of the molecule is O=S(CCNc1ccnc2ccsc12)Cc1ccccc1. The fourth-order valence-electron chi connectivity index (χ4n) is 2.14. The van der Waals surface area contributed by atoms with Gasteiger partial charge in [0.1, 0.15) is 0 Å². The van der Waals surface area contributed by atoms with Gasteiger partial charge < -0.3 is 5.32 Å². The summed E-state index contributed by atoms with van der Waals surface area (Å²) < 4.78 is 13.2. The zero-order valence-corrected chi connectivity index (χ0v) is 13.1. The molecule has 0 aliphatic rings. The molecular weight excluding hydrogens is 300 g/mol. The Bertz CT molecular complexity index is 740. The van der Waals surface area contributed by atoms with Crippen molar-refractivity contribution in [2.75, 3.05) is 17.6 Å². The second kappa shape index (κ2) is 6.83. The number of anilines is 1. The monoisotopic (exact) mass is 316 g/mol. The molecule has 0 radical (unpaired) electrons. The van der Waals surface area contributed by atoms with E-state index in [1.165, 1.54) is 0 Å². The van der Waals surface area contributed by atoms with Gasteiger partial charge in [0, 0.05) is 35.0 Å². The van der Waals surface area contributed by atoms with Gasteiger partial charge in [-0.05, 0) is 23.1 Å². The molecule has 3 aromatic rings. The normalized spacial score (nSPS) is 12.4. The van der Waals surface area contributed by atoms with E-state index in [1.807, 2.05) is 47.8 Å². The number of rotatable bonds is 6. The Morgan fingerprint density at radius 1 is 1.14 bits per heavy atom. The molecule has 1 atom stereocenters. The zero-order chi connectivity index (χ0) is 14.5. The maximum atomic E-state index is 12.1. The highest BCUT2D eigenvalue weighted by atomic mass is 32.2. The summed E-state index contributed by atoms with van der Waals surface area (Å²) in [7, 11) is -0.843. The van der Waals surface area contributed by atoms with Gasteiger partial charge in [0.2, 0.25) is 0 Å². The molecule has 2 aromatic heterocycles. The van der Waals surface area contributed by atoms with E-state index in [-0.39, 0.29) is 0 Å². The van der Waals surface area contributed by atoms with Crippen molar-refractivity contribution >= 4 is 38.0 Å². The van der Waals surface area contributed by atoms with Crippen LogP contribution in [0, 0.1) is 0 Å². The van der Waals surface area contributed by atoms with E-state index < -0.39 is 10.8 Å². The number of hydrogen-bond acceptors (Lipinski definition) is 4. The Kier molecular flexibility index (Phi) is 4.62. The minimum absolute atomic E-state index is 0.618. The van der Waals surface area contributed by atoms with Crippen LogP contribution in [0.2, 0.25) is 0 Å². The summed E-state index contributed by atoms with van der Waals surface area (Å²) >= 11 is 1.67. The van der Waals surface area contributed by atoms with Crippen LogP contribution in [0.1, 0.15) is 5.56 Å². The third-order valence-electron chi connectivity index (χ3n) is 3.16. The molecule has 108 valence electrons. The number of nitrogens with one attached hydrogen (secondary N) is 1. The van der Waals surface area contributed by atoms with Crippen LogP contribution < -0.4 is 5.32 Å². The van der Waals surface area contributed by atoms with Crippen molar-refractivity contribution in [3.05, 3.63) is 59.6 Å². The first-order valence-corrected chi connectivity index (χ1v) is 9.15. The van der Waals surface area contributed by atoms with Crippen LogP contribution in [-0.4, -0.2) is 21.5 Å². The summed E-state index contributed by atoms with van der Waals surface area (Å²) in [5.41, 5.74) is 3.21. The number of pyridine rings is 1. The third-order valence-corrected chi connectivity index (χ3v) is 5.41. The van der Waals surface area contributed by atoms with Crippen molar-refractivity contribution < 1.29 is 4.21 Å². The quantitative estimate of drug-likeness (QED) is 0.754. The van der Waals surface area contributed by atoms with E-state index in [0.29, 0.717) is 18.1 Å². The predicted octanol–water partition coefficient (Wildman–Crippen LogP) is 3.66. The standard InChI is InChI=1S/C16H16N2OS2/c19-21(12-13-4-2-1-3-5-13)11-9-18-14-6-8-17-15-7-10-20-16(14)15/h1-8,10H,9,11-12H2,(H,17,18). The topological polar surface area (TPSA) is 42.0 Å². The van der Waals surface area contributed by atoms with E-state index in [2.05, 4.69) is 10.3 Å². The molecule has 2 heterocycles. The van der Waals surface area contributed by atoms with E-state index >= 15 is 0 Å². The number of aromatic nitrogens is 1. The van der Waals surface area contributed by atoms with Gasteiger partial charge in [0.15, 0.2) is 0 Å². The van der Waals surface area contributed by atoms with Gasteiger partial charge >= 0.3 is 0 Å². The van der Waals surface area contributed by atoms with E-state index in [1.54, 1.807) is 17.5 Å². The van der Waals surface area contributed by atoms with Gasteiger partial charge in [-0.15, -0.1) is 11.3 Å². The molecule has 0 saturated heterocycles. The summed E-state index contributed by atoms with van der Waals surface area (Å²) in [4.78, 5) is 4.31. The van der Waals surface area contributed by atoms with Crippen molar-refractivity contribution in [2.24, 2.45) is 0 Å². The molecule has 0 amide bonds. The molecule has 0 aliphatic carbocycles. The summed E-state index contributed by atoms with van der Waals surface area (Å²) in [5.74, 6) is 1.26. The van der Waals surface area contributed by atoms with Crippen LogP contribution in [0.3, 0.4) is 0 Å². The van der Waals surface area contributed by atoms with Crippen molar-refractivity contribution in [1.29, 1.82) is 0 Å². The fourth-order valence-corrected chi connectivity index (χ4v) is 4.02. The summed E-state index contributed by atoms with van der Waals surface area (Å²) in [6, 6.07) is 14.0. The Morgan fingerprint density at radius 3 is 2.86 bits per heavy atom. The molecule has 3 rings (SSSR count). The molecule has 0 bridgehead atoms. The average Bonchev–Trinajstić information content (AvgIpc) is 2.97. The Balaban J connectivity index is 1.54. The second-order valence-corrected chi connectivity index (χ2v) is 7.19. The molecule has 0 aliphatic heterocycles. The first kappa shape index (κ1) is 14.2. The van der Waals surface area contributed by atoms with Crippen molar-refractivity contribution in [1.82, 2.24) is 4.98 Å². The molecule has 0 fully saturated rings. The van der Waals surface area contributed by atoms with Crippen LogP contribution >= 0.6 is 11.3 Å². The molecule has 21 heavy (non-hydrogen) atoms. The summed E-state index contributed by atoms with van der Waals surface area (Å²) in [6.07, 6.45) is 1.80. The number of fused-ring (bicyclic) bond motifs is 1. The van der Waals surface area contributed by atoms with Crippen molar-refractivity contribution in [2.45, 2.75) is 5.75 Å². The number of benzene rings is 1. The van der Waals surface area contributed by atoms with Gasteiger partial charge in [0.25, 0.3) is 0 Å². The second-order valence-electron chi connectivity index (χ2n) is 4.69. The number of nitrogens with zero attached hydrogens (tertiary/aromatic N) is 1. The zero-order valence-electron chi connectivity index (χ0n) is 11.5. The summed E-state index contributed by atoms with van der Waals surface area (Å²) in [6.45, 7) is 0.705. The van der Waals surface area contributed by atoms with E-state index in [0.717, 1.165) is 21.5 Å². The molecule has 0 spiro atoms. The highest BCUT2D eigenvalue weighted by molar-refractivity contribution is 7.84. The molecule has 0 saturated carbocycles. The molecule has 3 nitrogen and oxygen atoms in total. The third kappa shape index (κ3) is 3.68. The van der Waals surface area contributed by atoms with E-state index in [4.69, 9.17) is 0 Å². The molecular formula is C16H16N2OS2. The minimum atomic E-state index is -0.843. The predicted molar refractivity (Wildman–Crippen MR) is 91.3 cm³/mol. The van der Waals surface area contributed by atoms with Crippen LogP contribution in [-0.2, 0) is 16.6 Å². The Morgan fingerprint density at radius 2 is 2.00 bits per heavy atom. The van der Waals surface area contributed by atoms with Gasteiger partial charge in [-0.25, -0.2) is 0 Å². The minimum Gasteiger partial charge on any atom is -0.383 e. The van der Waals surface area contributed by atoms with Crippen LogP contribution in [0.5, 0.6) is 0 Å². The molecule has 1 N–H and O–H groups in total. The lowest BCUT2D eigenvalue weighted by molar-refractivity contribution is 0.682. The number of thiophene rings is 1. The summed E-state index contributed by atoms with van der Waals surface area (Å²) in [5, 5.41) is 5.41. The fraction of sp³-hybridized carbons (Fsp3) is 0.188. The first-order chi connectivity index (χ1) is 10.3. The van der Waals surface area contributed by atoms with Crippen molar-refractivity contribution in [3.8, 4) is 0 Å². The number of hydrogen-bond donors (Lipinski definition) is 1. The highest BCUT2D eigenvalue weighted by Crippen LogP contribution is 2.26. The van der Waals surface area contributed by atoms with Crippen LogP contribution in [0.15, 0.2) is 54.0 Å². The lowest BCUT2D eigenvalue weighted by Crippen LogP contribution is -2.12. The largest absolute Gasteiger partial charge is 0.383 e. The van der Waals surface area contributed by atoms with E-state index in [9.17, 15) is 4.21 Å². The lowest BCUT2D eigenvalue weighted by Gasteiger charge is -2.07. The van der Waals surface area contributed by atoms with Gasteiger partial charge in [-0.2, -0.15) is 0 Å². The first-order valence-electron chi connectivity index (χ1n) is 6.78. The van der Waals surface area contributed by atoms with Gasteiger partial charge in [-0.3, -0.25) is 9.19 Å². The maximum Gasteiger partial charge on any atom is 0.0830 e. The molecule has 5 heteroatoms. The van der Waals surface area contributed by atoms with Crippen LogP contribution in [0.25, 0.3) is 10.2 Å².